The molecule has 1 aliphatic carbocycles. The molecule has 2 atom stereocenters. The van der Waals surface area contributed by atoms with Crippen LogP contribution in [0.4, 0.5) is 11.4 Å². The van der Waals surface area contributed by atoms with Gasteiger partial charge in [0.15, 0.2) is 0 Å². The van der Waals surface area contributed by atoms with E-state index in [0.717, 1.165) is 16.3 Å². The molecular formula is C18H29BrN2. The maximum absolute atomic E-state index is 3.80. The maximum atomic E-state index is 3.80. The highest BCUT2D eigenvalue weighted by Crippen LogP contribution is 2.34. The molecule has 0 bridgehead atoms. The highest BCUT2D eigenvalue weighted by molar-refractivity contribution is 9.10. The number of halogens is 1. The molecule has 1 aliphatic rings. The summed E-state index contributed by atoms with van der Waals surface area (Å²) >= 11 is 3.60. The number of hydrogen-bond donors (Lipinski definition) is 1. The van der Waals surface area contributed by atoms with Crippen molar-refractivity contribution in [1.29, 1.82) is 0 Å². The second kappa shape index (κ2) is 7.53. The van der Waals surface area contributed by atoms with E-state index >= 15 is 0 Å². The van der Waals surface area contributed by atoms with E-state index in [-0.39, 0.29) is 0 Å². The Morgan fingerprint density at radius 2 is 2.05 bits per heavy atom. The van der Waals surface area contributed by atoms with Gasteiger partial charge in [-0.15, -0.1) is 0 Å². The predicted molar refractivity (Wildman–Crippen MR) is 97.3 cm³/mol. The Morgan fingerprint density at radius 1 is 1.29 bits per heavy atom. The summed E-state index contributed by atoms with van der Waals surface area (Å²) in [6.07, 6.45) is 6.76. The molecule has 1 aromatic rings. The Balaban J connectivity index is 2.05. The lowest BCUT2D eigenvalue weighted by molar-refractivity contribution is 0.289. The fourth-order valence-electron chi connectivity index (χ4n) is 3.54. The van der Waals surface area contributed by atoms with Crippen LogP contribution in [0.15, 0.2) is 22.7 Å². The third-order valence-corrected chi connectivity index (χ3v) is 4.88. The molecule has 0 saturated heterocycles. The van der Waals surface area contributed by atoms with E-state index in [2.05, 4.69) is 72.3 Å². The third kappa shape index (κ3) is 4.91. The fourth-order valence-corrected chi connectivity index (χ4v) is 3.90. The monoisotopic (exact) mass is 352 g/mol. The number of anilines is 2. The van der Waals surface area contributed by atoms with Gasteiger partial charge in [-0.25, -0.2) is 0 Å². The minimum absolute atomic E-state index is 0.621. The summed E-state index contributed by atoms with van der Waals surface area (Å²) in [6, 6.07) is 7.13. The first-order valence-electron chi connectivity index (χ1n) is 8.19. The van der Waals surface area contributed by atoms with Crippen LogP contribution in [-0.2, 0) is 0 Å². The van der Waals surface area contributed by atoms with Crippen LogP contribution in [0.25, 0.3) is 0 Å². The average Bonchev–Trinajstić information content (AvgIpc) is 2.38. The van der Waals surface area contributed by atoms with Gasteiger partial charge in [-0.05, 0) is 49.3 Å². The van der Waals surface area contributed by atoms with Crippen molar-refractivity contribution in [3.63, 3.8) is 0 Å². The van der Waals surface area contributed by atoms with Gasteiger partial charge in [0.25, 0.3) is 0 Å². The van der Waals surface area contributed by atoms with E-state index in [1.54, 1.807) is 0 Å². The van der Waals surface area contributed by atoms with E-state index in [1.807, 2.05) is 0 Å². The summed E-state index contributed by atoms with van der Waals surface area (Å²) in [7, 11) is 4.22. The zero-order valence-electron chi connectivity index (χ0n) is 13.8. The minimum atomic E-state index is 0.621. The molecule has 2 unspecified atom stereocenters. The molecule has 2 nitrogen and oxygen atoms in total. The molecule has 0 radical (unpaired) electrons. The first-order chi connectivity index (χ1) is 9.95. The fraction of sp³-hybridized carbons (Fsp3) is 0.667. The second-order valence-electron chi connectivity index (χ2n) is 7.06. The molecule has 21 heavy (non-hydrogen) atoms. The summed E-state index contributed by atoms with van der Waals surface area (Å²) in [5.74, 6) is 1.71. The quantitative estimate of drug-likeness (QED) is 0.748. The molecule has 0 heterocycles. The Kier molecular flexibility index (Phi) is 5.98. The van der Waals surface area contributed by atoms with Crippen LogP contribution in [0.1, 0.15) is 46.0 Å². The zero-order chi connectivity index (χ0) is 15.4. The van der Waals surface area contributed by atoms with E-state index in [9.17, 15) is 0 Å². The van der Waals surface area contributed by atoms with Crippen molar-refractivity contribution in [2.45, 2.75) is 52.0 Å². The molecule has 1 saturated carbocycles. The SMILES string of the molecule is CC(C)CC1CCCC(Nc2cc(Br)ccc2N(C)C)C1. The Labute approximate surface area is 138 Å². The lowest BCUT2D eigenvalue weighted by Gasteiger charge is -2.32. The summed E-state index contributed by atoms with van der Waals surface area (Å²) < 4.78 is 1.14. The normalized spacial score (nSPS) is 22.4. The van der Waals surface area contributed by atoms with Crippen LogP contribution in [-0.4, -0.2) is 20.1 Å². The molecule has 0 aliphatic heterocycles. The molecule has 3 heteroatoms. The second-order valence-corrected chi connectivity index (χ2v) is 7.98. The Bertz CT molecular complexity index is 457. The van der Waals surface area contributed by atoms with Crippen molar-refractivity contribution in [1.82, 2.24) is 0 Å². The summed E-state index contributed by atoms with van der Waals surface area (Å²) in [6.45, 7) is 4.69. The van der Waals surface area contributed by atoms with E-state index in [1.165, 1.54) is 43.5 Å². The minimum Gasteiger partial charge on any atom is -0.381 e. The van der Waals surface area contributed by atoms with Gasteiger partial charge in [-0.3, -0.25) is 0 Å². The van der Waals surface area contributed by atoms with Crippen LogP contribution in [0.2, 0.25) is 0 Å². The van der Waals surface area contributed by atoms with E-state index in [4.69, 9.17) is 0 Å². The van der Waals surface area contributed by atoms with Gasteiger partial charge in [0, 0.05) is 24.6 Å². The van der Waals surface area contributed by atoms with Gasteiger partial charge in [-0.2, -0.15) is 0 Å². The van der Waals surface area contributed by atoms with Gasteiger partial charge in [0.1, 0.15) is 0 Å². The van der Waals surface area contributed by atoms with Crippen molar-refractivity contribution in [3.8, 4) is 0 Å². The zero-order valence-corrected chi connectivity index (χ0v) is 15.4. The predicted octanol–water partition coefficient (Wildman–Crippen LogP) is 5.53. The molecule has 0 amide bonds. The molecule has 118 valence electrons. The van der Waals surface area contributed by atoms with Crippen LogP contribution < -0.4 is 10.2 Å². The number of nitrogens with one attached hydrogen (secondary N) is 1. The molecule has 1 N–H and O–H groups in total. The highest BCUT2D eigenvalue weighted by atomic mass is 79.9. The Hall–Kier alpha value is -0.700. The van der Waals surface area contributed by atoms with Gasteiger partial charge in [-0.1, -0.05) is 42.6 Å². The largest absolute Gasteiger partial charge is 0.381 e. The van der Waals surface area contributed by atoms with Gasteiger partial charge in [0.05, 0.1) is 11.4 Å². The van der Waals surface area contributed by atoms with Gasteiger partial charge >= 0.3 is 0 Å². The first kappa shape index (κ1) is 16.7. The van der Waals surface area contributed by atoms with Crippen molar-refractivity contribution >= 4 is 27.3 Å². The summed E-state index contributed by atoms with van der Waals surface area (Å²) in [5.41, 5.74) is 2.52. The van der Waals surface area contributed by atoms with Crippen molar-refractivity contribution in [3.05, 3.63) is 22.7 Å². The number of rotatable bonds is 5. The maximum Gasteiger partial charge on any atom is 0.0597 e. The topological polar surface area (TPSA) is 15.3 Å². The molecule has 1 fully saturated rings. The third-order valence-electron chi connectivity index (χ3n) is 4.39. The molecule has 0 spiro atoms. The van der Waals surface area contributed by atoms with E-state index < -0.39 is 0 Å². The number of nitrogens with zero attached hydrogens (tertiary/aromatic N) is 1. The van der Waals surface area contributed by atoms with Crippen molar-refractivity contribution in [2.75, 3.05) is 24.3 Å². The molecule has 2 rings (SSSR count). The highest BCUT2D eigenvalue weighted by Gasteiger charge is 2.23. The first-order valence-corrected chi connectivity index (χ1v) is 8.98. The van der Waals surface area contributed by atoms with Crippen molar-refractivity contribution < 1.29 is 0 Å². The lowest BCUT2D eigenvalue weighted by atomic mass is 9.81. The Morgan fingerprint density at radius 3 is 2.71 bits per heavy atom. The van der Waals surface area contributed by atoms with Crippen LogP contribution in [0.5, 0.6) is 0 Å². The number of hydrogen-bond acceptors (Lipinski definition) is 2. The van der Waals surface area contributed by atoms with Crippen molar-refractivity contribution in [2.24, 2.45) is 11.8 Å². The average molecular weight is 353 g/mol. The lowest BCUT2D eigenvalue weighted by Crippen LogP contribution is -2.28. The van der Waals surface area contributed by atoms with E-state index in [0.29, 0.717) is 6.04 Å². The van der Waals surface area contributed by atoms with Gasteiger partial charge < -0.3 is 10.2 Å². The molecule has 1 aromatic carbocycles. The summed E-state index contributed by atoms with van der Waals surface area (Å²) in [5, 5.41) is 3.80. The van der Waals surface area contributed by atoms with Crippen LogP contribution in [0, 0.1) is 11.8 Å². The smallest absolute Gasteiger partial charge is 0.0597 e. The summed E-state index contributed by atoms with van der Waals surface area (Å²) in [4.78, 5) is 2.18. The van der Waals surface area contributed by atoms with Crippen LogP contribution >= 0.6 is 15.9 Å². The molecule has 0 aromatic heterocycles. The van der Waals surface area contributed by atoms with Crippen LogP contribution in [0.3, 0.4) is 0 Å². The number of benzene rings is 1. The standard InChI is InChI=1S/C18H29BrN2/c1-13(2)10-14-6-5-7-16(11-14)20-17-12-15(19)8-9-18(17)21(3)4/h8-9,12-14,16,20H,5-7,10-11H2,1-4H3. The van der Waals surface area contributed by atoms with Gasteiger partial charge in [0.2, 0.25) is 0 Å². The molecular weight excluding hydrogens is 324 g/mol.